The van der Waals surface area contributed by atoms with E-state index in [0.717, 1.165) is 13.1 Å². The fourth-order valence-electron chi connectivity index (χ4n) is 1.98. The van der Waals surface area contributed by atoms with Gasteiger partial charge in [0.2, 0.25) is 5.75 Å². The number of Topliss-reactive ketones (excluding diaryl/α,β-unsaturated/α-hetero) is 1. The maximum atomic E-state index is 12.3. The molecule has 0 N–H and O–H groups in total. The summed E-state index contributed by atoms with van der Waals surface area (Å²) in [5.41, 5.74) is 0.561. The molecule has 0 heterocycles. The highest BCUT2D eigenvalue weighted by molar-refractivity contribution is 5.98. The summed E-state index contributed by atoms with van der Waals surface area (Å²) < 4.78 is 15.8. The van der Waals surface area contributed by atoms with Gasteiger partial charge in [0.15, 0.2) is 17.3 Å². The highest BCUT2D eigenvalue weighted by Crippen LogP contribution is 2.38. The average Bonchev–Trinajstić information content (AvgIpc) is 2.50. The van der Waals surface area contributed by atoms with E-state index in [4.69, 9.17) is 14.2 Å². The number of hydrogen-bond donors (Lipinski definition) is 0. The number of methoxy groups -OCH3 is 3. The fourth-order valence-corrected chi connectivity index (χ4v) is 1.98. The number of carbonyl (C=O) groups excluding carboxylic acids is 1. The molecule has 20 heavy (non-hydrogen) atoms. The van der Waals surface area contributed by atoms with Crippen molar-refractivity contribution >= 4 is 5.78 Å². The van der Waals surface area contributed by atoms with Gasteiger partial charge in [-0.1, -0.05) is 13.8 Å². The maximum Gasteiger partial charge on any atom is 0.203 e. The normalized spacial score (nSPS) is 10.5. The fraction of sp³-hybridized carbons (Fsp3) is 0.533. The quantitative estimate of drug-likeness (QED) is 0.684. The molecule has 112 valence electrons. The van der Waals surface area contributed by atoms with E-state index in [1.54, 1.807) is 12.1 Å². The van der Waals surface area contributed by atoms with Gasteiger partial charge in [-0.15, -0.1) is 0 Å². The topological polar surface area (TPSA) is 48.0 Å². The zero-order valence-electron chi connectivity index (χ0n) is 12.9. The van der Waals surface area contributed by atoms with Crippen LogP contribution in [0.4, 0.5) is 0 Å². The van der Waals surface area contributed by atoms with Crippen LogP contribution in [0.3, 0.4) is 0 Å². The smallest absolute Gasteiger partial charge is 0.203 e. The number of rotatable bonds is 8. The molecule has 1 aromatic carbocycles. The molecule has 0 aromatic heterocycles. The molecule has 0 radical (unpaired) electrons. The second-order valence-corrected chi connectivity index (χ2v) is 4.30. The van der Waals surface area contributed by atoms with Crippen molar-refractivity contribution < 1.29 is 19.0 Å². The lowest BCUT2D eigenvalue weighted by molar-refractivity contribution is 0.0936. The lowest BCUT2D eigenvalue weighted by Gasteiger charge is -2.18. The van der Waals surface area contributed by atoms with Crippen LogP contribution < -0.4 is 14.2 Å². The first-order valence-corrected chi connectivity index (χ1v) is 6.66. The van der Waals surface area contributed by atoms with Crippen molar-refractivity contribution in [3.05, 3.63) is 17.7 Å². The van der Waals surface area contributed by atoms with Crippen LogP contribution in [0.2, 0.25) is 0 Å². The third-order valence-corrected chi connectivity index (χ3v) is 3.25. The first-order valence-electron chi connectivity index (χ1n) is 6.66. The average molecular weight is 281 g/mol. The number of carbonyl (C=O) groups is 1. The molecule has 0 unspecified atom stereocenters. The minimum atomic E-state index is 0.0351. The van der Waals surface area contributed by atoms with Gasteiger partial charge in [-0.2, -0.15) is 0 Å². The largest absolute Gasteiger partial charge is 0.493 e. The highest BCUT2D eigenvalue weighted by atomic mass is 16.5. The second-order valence-electron chi connectivity index (χ2n) is 4.30. The van der Waals surface area contributed by atoms with Crippen molar-refractivity contribution in [2.45, 2.75) is 13.8 Å². The van der Waals surface area contributed by atoms with Crippen LogP contribution in [-0.4, -0.2) is 51.6 Å². The first kappa shape index (κ1) is 16.3. The van der Waals surface area contributed by atoms with Crippen molar-refractivity contribution in [1.29, 1.82) is 0 Å². The van der Waals surface area contributed by atoms with Crippen molar-refractivity contribution in [2.24, 2.45) is 0 Å². The van der Waals surface area contributed by atoms with Gasteiger partial charge in [0, 0.05) is 5.56 Å². The molecule has 0 fully saturated rings. The van der Waals surface area contributed by atoms with Crippen LogP contribution in [0.5, 0.6) is 17.2 Å². The van der Waals surface area contributed by atoms with Gasteiger partial charge >= 0.3 is 0 Å². The molecule has 1 aromatic rings. The molecule has 0 aliphatic rings. The number of benzene rings is 1. The highest BCUT2D eigenvalue weighted by Gasteiger charge is 2.18. The van der Waals surface area contributed by atoms with Crippen LogP contribution in [0.15, 0.2) is 12.1 Å². The Hall–Kier alpha value is -1.75. The molecular formula is C15H23NO4. The zero-order valence-corrected chi connectivity index (χ0v) is 12.9. The molecular weight excluding hydrogens is 258 g/mol. The summed E-state index contributed by atoms with van der Waals surface area (Å²) >= 11 is 0. The summed E-state index contributed by atoms with van der Waals surface area (Å²) in [6.45, 7) is 6.13. The van der Waals surface area contributed by atoms with Crippen LogP contribution in [0.1, 0.15) is 24.2 Å². The second kappa shape index (κ2) is 7.75. The Bertz CT molecular complexity index is 430. The monoisotopic (exact) mass is 281 g/mol. The van der Waals surface area contributed by atoms with Gasteiger partial charge in [-0.25, -0.2) is 0 Å². The number of nitrogens with zero attached hydrogens (tertiary/aromatic N) is 1. The molecule has 0 amide bonds. The molecule has 0 saturated carbocycles. The van der Waals surface area contributed by atoms with Gasteiger partial charge in [-0.05, 0) is 25.2 Å². The van der Waals surface area contributed by atoms with Gasteiger partial charge in [0.05, 0.1) is 27.9 Å². The predicted molar refractivity (Wildman–Crippen MR) is 78.2 cm³/mol. The summed E-state index contributed by atoms with van der Waals surface area (Å²) in [7, 11) is 4.61. The van der Waals surface area contributed by atoms with Crippen LogP contribution in [0, 0.1) is 0 Å². The summed E-state index contributed by atoms with van der Waals surface area (Å²) in [4.78, 5) is 14.4. The number of ketones is 1. The van der Waals surface area contributed by atoms with E-state index in [9.17, 15) is 4.79 Å². The van der Waals surface area contributed by atoms with Crippen LogP contribution in [0.25, 0.3) is 0 Å². The Morgan fingerprint density at radius 3 is 1.85 bits per heavy atom. The Labute approximate surface area is 120 Å². The van der Waals surface area contributed by atoms with E-state index >= 15 is 0 Å². The van der Waals surface area contributed by atoms with Crippen LogP contribution >= 0.6 is 0 Å². The van der Waals surface area contributed by atoms with Gasteiger partial charge in [0.25, 0.3) is 0 Å². The van der Waals surface area contributed by atoms with E-state index in [1.807, 2.05) is 13.8 Å². The van der Waals surface area contributed by atoms with Crippen molar-refractivity contribution in [2.75, 3.05) is 41.0 Å². The molecule has 1 rings (SSSR count). The third-order valence-electron chi connectivity index (χ3n) is 3.25. The molecule has 0 bridgehead atoms. The minimum absolute atomic E-state index is 0.0351. The summed E-state index contributed by atoms with van der Waals surface area (Å²) in [5.74, 6) is 1.52. The Morgan fingerprint density at radius 2 is 1.50 bits per heavy atom. The minimum Gasteiger partial charge on any atom is -0.493 e. The summed E-state index contributed by atoms with van der Waals surface area (Å²) in [6, 6.07) is 3.38. The molecule has 0 saturated heterocycles. The Balaban J connectivity index is 3.09. The predicted octanol–water partition coefficient (Wildman–Crippen LogP) is 2.24. The van der Waals surface area contributed by atoms with E-state index < -0.39 is 0 Å². The molecule has 0 spiro atoms. The lowest BCUT2D eigenvalue weighted by atomic mass is 10.1. The summed E-state index contributed by atoms with van der Waals surface area (Å²) in [6.07, 6.45) is 0. The number of ether oxygens (including phenoxy) is 3. The van der Waals surface area contributed by atoms with Crippen LogP contribution in [-0.2, 0) is 0 Å². The Kier molecular flexibility index (Phi) is 6.31. The molecule has 0 atom stereocenters. The molecule has 5 heteroatoms. The van der Waals surface area contributed by atoms with Crippen molar-refractivity contribution in [1.82, 2.24) is 4.90 Å². The lowest BCUT2D eigenvalue weighted by Crippen LogP contribution is -2.29. The van der Waals surface area contributed by atoms with Gasteiger partial charge < -0.3 is 14.2 Å². The zero-order chi connectivity index (χ0) is 15.1. The number of hydrogen-bond acceptors (Lipinski definition) is 5. The van der Waals surface area contributed by atoms with E-state index in [0.29, 0.717) is 29.4 Å². The van der Waals surface area contributed by atoms with E-state index in [1.165, 1.54) is 21.3 Å². The van der Waals surface area contributed by atoms with E-state index in [2.05, 4.69) is 4.90 Å². The maximum absolute atomic E-state index is 12.3. The number of likely N-dealkylation sites (N-methyl/N-ethyl adjacent to an activating group) is 1. The van der Waals surface area contributed by atoms with E-state index in [-0.39, 0.29) is 5.78 Å². The SMILES string of the molecule is CCN(CC)CC(=O)c1cc(OC)c(OC)c(OC)c1. The molecule has 0 aliphatic carbocycles. The van der Waals surface area contributed by atoms with Gasteiger partial charge in [0.1, 0.15) is 0 Å². The van der Waals surface area contributed by atoms with Gasteiger partial charge in [-0.3, -0.25) is 9.69 Å². The molecule has 5 nitrogen and oxygen atoms in total. The Morgan fingerprint density at radius 1 is 1.00 bits per heavy atom. The molecule has 0 aliphatic heterocycles. The van der Waals surface area contributed by atoms with Crippen molar-refractivity contribution in [3.8, 4) is 17.2 Å². The van der Waals surface area contributed by atoms with Crippen molar-refractivity contribution in [3.63, 3.8) is 0 Å². The first-order chi connectivity index (χ1) is 9.60. The third kappa shape index (κ3) is 3.63. The standard InChI is InChI=1S/C15H23NO4/c1-6-16(7-2)10-12(17)11-8-13(18-3)15(20-5)14(9-11)19-4/h8-9H,6-7,10H2,1-5H3. The summed E-state index contributed by atoms with van der Waals surface area (Å²) in [5, 5.41) is 0.